The Morgan fingerprint density at radius 2 is 2.00 bits per heavy atom. The summed E-state index contributed by atoms with van der Waals surface area (Å²) in [6.45, 7) is 1.91. The number of carbonyl (C=O) groups is 1. The van der Waals surface area contributed by atoms with Crippen molar-refractivity contribution in [2.45, 2.75) is 12.1 Å². The van der Waals surface area contributed by atoms with E-state index < -0.39 is 0 Å². The number of para-hydroxylation sites is 1. The van der Waals surface area contributed by atoms with Crippen LogP contribution in [-0.2, 0) is 4.79 Å². The van der Waals surface area contributed by atoms with Gasteiger partial charge in [-0.2, -0.15) is 0 Å². The average molecular weight is 477 g/mol. The van der Waals surface area contributed by atoms with E-state index >= 15 is 0 Å². The molecule has 1 amide bonds. The third kappa shape index (κ3) is 4.37. The van der Waals surface area contributed by atoms with E-state index in [2.05, 4.69) is 15.3 Å². The van der Waals surface area contributed by atoms with Gasteiger partial charge in [0.1, 0.15) is 0 Å². The Morgan fingerprint density at radius 1 is 1.20 bits per heavy atom. The van der Waals surface area contributed by atoms with E-state index in [4.69, 9.17) is 23.2 Å². The number of nitrogens with one attached hydrogen (secondary N) is 1. The summed E-state index contributed by atoms with van der Waals surface area (Å²) < 4.78 is 1.44. The highest BCUT2D eigenvalue weighted by molar-refractivity contribution is 7.99. The van der Waals surface area contributed by atoms with Crippen molar-refractivity contribution in [2.75, 3.05) is 11.1 Å². The Kier molecular flexibility index (Phi) is 6.10. The summed E-state index contributed by atoms with van der Waals surface area (Å²) in [6, 6.07) is 12.0. The molecular weight excluding hydrogens is 463 g/mol. The molecule has 0 saturated heterocycles. The lowest BCUT2D eigenvalue weighted by Crippen LogP contribution is -2.23. The van der Waals surface area contributed by atoms with Crippen LogP contribution in [0, 0.1) is 6.92 Å². The van der Waals surface area contributed by atoms with E-state index in [-0.39, 0.29) is 17.2 Å². The minimum absolute atomic E-state index is 0.0602. The van der Waals surface area contributed by atoms with E-state index in [1.54, 1.807) is 42.6 Å². The predicted octanol–water partition coefficient (Wildman–Crippen LogP) is 5.19. The molecule has 0 saturated carbocycles. The van der Waals surface area contributed by atoms with Crippen molar-refractivity contribution in [3.8, 4) is 5.69 Å². The van der Waals surface area contributed by atoms with Crippen molar-refractivity contribution in [3.05, 3.63) is 73.9 Å². The zero-order valence-electron chi connectivity index (χ0n) is 15.6. The number of amides is 1. The van der Waals surface area contributed by atoms with Crippen molar-refractivity contribution >= 4 is 68.2 Å². The number of nitrogens with zero attached hydrogens (tertiary/aromatic N) is 3. The zero-order valence-corrected chi connectivity index (χ0v) is 18.7. The standard InChI is InChI=1S/C20H14Cl2N4O2S2/c1-11-9-23-19(30-11)25-17(27)10-29-20-24-16-5-3-2-4-13(16)18(28)26(20)12-6-7-14(21)15(22)8-12/h2-9H,10H2,1H3,(H,23,25,27). The Labute approximate surface area is 189 Å². The monoisotopic (exact) mass is 476 g/mol. The molecule has 30 heavy (non-hydrogen) atoms. The molecule has 2 aromatic carbocycles. The predicted molar refractivity (Wildman–Crippen MR) is 124 cm³/mol. The molecule has 0 radical (unpaired) electrons. The number of carbonyl (C=O) groups excluding carboxylic acids is 1. The molecular formula is C20H14Cl2N4O2S2. The fraction of sp³-hybridized carbons (Fsp3) is 0.100. The Morgan fingerprint density at radius 3 is 2.73 bits per heavy atom. The molecule has 0 atom stereocenters. The summed E-state index contributed by atoms with van der Waals surface area (Å²) in [5.41, 5.74) is 0.820. The molecule has 6 nitrogen and oxygen atoms in total. The molecule has 0 spiro atoms. The van der Waals surface area contributed by atoms with Crippen LogP contribution in [0.5, 0.6) is 0 Å². The number of thiazole rings is 1. The highest BCUT2D eigenvalue weighted by Gasteiger charge is 2.16. The Balaban J connectivity index is 1.71. The van der Waals surface area contributed by atoms with Gasteiger partial charge in [0, 0.05) is 11.1 Å². The average Bonchev–Trinajstić information content (AvgIpc) is 3.13. The van der Waals surface area contributed by atoms with E-state index in [1.807, 2.05) is 13.0 Å². The molecule has 10 heteroatoms. The summed E-state index contributed by atoms with van der Waals surface area (Å²) in [5.74, 6) is -0.178. The van der Waals surface area contributed by atoms with Gasteiger partial charge >= 0.3 is 0 Å². The van der Waals surface area contributed by atoms with Crippen LogP contribution in [0.25, 0.3) is 16.6 Å². The first-order valence-electron chi connectivity index (χ1n) is 8.74. The van der Waals surface area contributed by atoms with Gasteiger partial charge in [0.15, 0.2) is 10.3 Å². The van der Waals surface area contributed by atoms with Gasteiger partial charge in [-0.15, -0.1) is 11.3 Å². The highest BCUT2D eigenvalue weighted by Crippen LogP contribution is 2.27. The first-order valence-corrected chi connectivity index (χ1v) is 11.3. The van der Waals surface area contributed by atoms with Crippen LogP contribution in [-0.4, -0.2) is 26.2 Å². The summed E-state index contributed by atoms with van der Waals surface area (Å²) in [7, 11) is 0. The van der Waals surface area contributed by atoms with Crippen molar-refractivity contribution in [2.24, 2.45) is 0 Å². The topological polar surface area (TPSA) is 76.9 Å². The van der Waals surface area contributed by atoms with E-state index in [0.717, 1.165) is 16.6 Å². The first kappa shape index (κ1) is 20.9. The van der Waals surface area contributed by atoms with Crippen LogP contribution in [0.4, 0.5) is 5.13 Å². The largest absolute Gasteiger partial charge is 0.301 e. The first-order chi connectivity index (χ1) is 14.4. The number of hydrogen-bond acceptors (Lipinski definition) is 6. The number of anilines is 1. The summed E-state index contributed by atoms with van der Waals surface area (Å²) >= 11 is 14.7. The number of rotatable bonds is 5. The van der Waals surface area contributed by atoms with Crippen molar-refractivity contribution in [3.63, 3.8) is 0 Å². The lowest BCUT2D eigenvalue weighted by molar-refractivity contribution is -0.113. The second kappa shape index (κ2) is 8.77. The number of halogens is 2. The lowest BCUT2D eigenvalue weighted by Gasteiger charge is -2.13. The normalized spacial score (nSPS) is 11.0. The molecule has 0 aliphatic heterocycles. The van der Waals surface area contributed by atoms with Crippen LogP contribution in [0.3, 0.4) is 0 Å². The molecule has 152 valence electrons. The van der Waals surface area contributed by atoms with Crippen LogP contribution in [0.1, 0.15) is 4.88 Å². The second-order valence-corrected chi connectivity index (χ2v) is 9.26. The van der Waals surface area contributed by atoms with Crippen molar-refractivity contribution < 1.29 is 4.79 Å². The van der Waals surface area contributed by atoms with Crippen molar-refractivity contribution in [1.82, 2.24) is 14.5 Å². The van der Waals surface area contributed by atoms with Crippen molar-refractivity contribution in [1.29, 1.82) is 0 Å². The number of fused-ring (bicyclic) bond motifs is 1. The molecule has 2 heterocycles. The third-order valence-electron chi connectivity index (χ3n) is 4.11. The van der Waals surface area contributed by atoms with Crippen LogP contribution in [0.15, 0.2) is 58.6 Å². The summed E-state index contributed by atoms with van der Waals surface area (Å²) in [6.07, 6.45) is 1.69. The zero-order chi connectivity index (χ0) is 21.3. The van der Waals surface area contributed by atoms with E-state index in [9.17, 15) is 9.59 Å². The van der Waals surface area contributed by atoms with Gasteiger partial charge in [0.2, 0.25) is 5.91 Å². The molecule has 0 bridgehead atoms. The minimum atomic E-state index is -0.252. The van der Waals surface area contributed by atoms with Gasteiger partial charge in [-0.05, 0) is 37.3 Å². The van der Waals surface area contributed by atoms with Gasteiger partial charge in [0.25, 0.3) is 5.56 Å². The second-order valence-electron chi connectivity index (χ2n) is 6.26. The van der Waals surface area contributed by atoms with E-state index in [0.29, 0.717) is 36.9 Å². The maximum absolute atomic E-state index is 13.2. The Bertz CT molecular complexity index is 1320. The molecule has 2 aromatic heterocycles. The molecule has 1 N–H and O–H groups in total. The van der Waals surface area contributed by atoms with Crippen LogP contribution < -0.4 is 10.9 Å². The smallest absolute Gasteiger partial charge is 0.266 e. The van der Waals surface area contributed by atoms with E-state index in [1.165, 1.54) is 15.9 Å². The van der Waals surface area contributed by atoms with Crippen LogP contribution in [0.2, 0.25) is 10.0 Å². The SMILES string of the molecule is Cc1cnc(NC(=O)CSc2nc3ccccc3c(=O)n2-c2ccc(Cl)c(Cl)c2)s1. The molecule has 4 aromatic rings. The van der Waals surface area contributed by atoms with Gasteiger partial charge in [-0.1, -0.05) is 47.1 Å². The number of aryl methyl sites for hydroxylation is 1. The van der Waals surface area contributed by atoms with Gasteiger partial charge in [0.05, 0.1) is 32.4 Å². The molecule has 4 rings (SSSR count). The molecule has 0 unspecified atom stereocenters. The molecule has 0 aliphatic rings. The summed E-state index contributed by atoms with van der Waals surface area (Å²) in [5, 5.41) is 4.84. The van der Waals surface area contributed by atoms with Gasteiger partial charge < -0.3 is 5.32 Å². The van der Waals surface area contributed by atoms with Gasteiger partial charge in [-0.25, -0.2) is 9.97 Å². The lowest BCUT2D eigenvalue weighted by atomic mass is 10.2. The quantitative estimate of drug-likeness (QED) is 0.316. The number of aromatic nitrogens is 3. The fourth-order valence-electron chi connectivity index (χ4n) is 2.76. The molecule has 0 fully saturated rings. The minimum Gasteiger partial charge on any atom is -0.301 e. The number of hydrogen-bond donors (Lipinski definition) is 1. The Hall–Kier alpha value is -2.39. The molecule has 0 aliphatic carbocycles. The maximum atomic E-state index is 13.2. The highest BCUT2D eigenvalue weighted by atomic mass is 35.5. The number of benzene rings is 2. The fourth-order valence-corrected chi connectivity index (χ4v) is 4.54. The van der Waals surface area contributed by atoms with Gasteiger partial charge in [-0.3, -0.25) is 14.2 Å². The third-order valence-corrected chi connectivity index (χ3v) is 6.61. The number of thioether (sulfide) groups is 1. The van der Waals surface area contributed by atoms with Crippen LogP contribution >= 0.6 is 46.3 Å². The maximum Gasteiger partial charge on any atom is 0.266 e. The summed E-state index contributed by atoms with van der Waals surface area (Å²) in [4.78, 5) is 35.3.